The first kappa shape index (κ1) is 22.0. The number of rotatable bonds is 7. The van der Waals surface area contributed by atoms with Crippen LogP contribution in [0.1, 0.15) is 29.8 Å². The van der Waals surface area contributed by atoms with Gasteiger partial charge in [0.05, 0.1) is 13.3 Å². The van der Waals surface area contributed by atoms with E-state index in [0.29, 0.717) is 5.75 Å². The molecule has 160 valence electrons. The molecule has 0 aliphatic heterocycles. The zero-order valence-electron chi connectivity index (χ0n) is 17.6. The summed E-state index contributed by atoms with van der Waals surface area (Å²) in [4.78, 5) is 25.1. The lowest BCUT2D eigenvalue weighted by Gasteiger charge is -2.20. The quantitative estimate of drug-likeness (QED) is 0.449. The number of halogens is 1. The molecule has 0 aliphatic rings. The maximum Gasteiger partial charge on any atom is 0.262 e. The molecule has 0 fully saturated rings. The van der Waals surface area contributed by atoms with E-state index in [1.54, 1.807) is 7.11 Å². The fraction of sp³-hybridized carbons (Fsp3) is 0.208. The average Bonchev–Trinajstić information content (AvgIpc) is 2.77. The summed E-state index contributed by atoms with van der Waals surface area (Å²) in [5, 5.41) is 8.72. The lowest BCUT2D eigenvalue weighted by molar-refractivity contribution is -0.123. The summed E-state index contributed by atoms with van der Waals surface area (Å²) in [7, 11) is 1.57. The van der Waals surface area contributed by atoms with Crippen molar-refractivity contribution in [1.82, 2.24) is 10.7 Å². The molecular weight excluding hydrogens is 397 g/mol. The molecule has 0 aromatic heterocycles. The SMILES string of the molecule is COc1ccc2ccccc2c1/C=N/NC(=O)C(NC(=O)c1ccc(F)cc1)C(C)C. The first-order chi connectivity index (χ1) is 14.9. The van der Waals surface area contributed by atoms with Gasteiger partial charge in [0.1, 0.15) is 17.6 Å². The third-order valence-corrected chi connectivity index (χ3v) is 4.86. The van der Waals surface area contributed by atoms with Gasteiger partial charge >= 0.3 is 0 Å². The standard InChI is InChI=1S/C24H24FN3O3/c1-15(2)22(27-23(29)17-8-11-18(25)12-9-17)24(30)28-26-14-20-19-7-5-4-6-16(19)10-13-21(20)31-3/h4-15,22H,1-3H3,(H,27,29)(H,28,30)/b26-14+. The molecule has 2 amide bonds. The summed E-state index contributed by atoms with van der Waals surface area (Å²) in [5.41, 5.74) is 3.50. The lowest BCUT2D eigenvalue weighted by atomic mass is 10.0. The number of hydrogen-bond donors (Lipinski definition) is 2. The topological polar surface area (TPSA) is 79.8 Å². The van der Waals surface area contributed by atoms with Crippen molar-refractivity contribution in [2.45, 2.75) is 19.9 Å². The third kappa shape index (κ3) is 5.25. The summed E-state index contributed by atoms with van der Waals surface area (Å²) in [5.74, 6) is -0.921. The van der Waals surface area contributed by atoms with Crippen LogP contribution in [-0.2, 0) is 4.79 Å². The van der Waals surface area contributed by atoms with E-state index >= 15 is 0 Å². The molecule has 31 heavy (non-hydrogen) atoms. The average molecular weight is 421 g/mol. The van der Waals surface area contributed by atoms with E-state index in [0.717, 1.165) is 16.3 Å². The number of carbonyl (C=O) groups is 2. The first-order valence-electron chi connectivity index (χ1n) is 9.85. The lowest BCUT2D eigenvalue weighted by Crippen LogP contribution is -2.48. The molecule has 1 unspecified atom stereocenters. The maximum atomic E-state index is 13.1. The summed E-state index contributed by atoms with van der Waals surface area (Å²) in [6.45, 7) is 3.62. The zero-order chi connectivity index (χ0) is 22.4. The number of fused-ring (bicyclic) bond motifs is 1. The van der Waals surface area contributed by atoms with Crippen molar-refractivity contribution in [2.75, 3.05) is 7.11 Å². The van der Waals surface area contributed by atoms with Crippen molar-refractivity contribution in [3.05, 3.63) is 77.6 Å². The van der Waals surface area contributed by atoms with Crippen molar-refractivity contribution in [3.63, 3.8) is 0 Å². The second-order valence-corrected chi connectivity index (χ2v) is 7.34. The number of nitrogens with zero attached hydrogens (tertiary/aromatic N) is 1. The van der Waals surface area contributed by atoms with Crippen LogP contribution in [0.25, 0.3) is 10.8 Å². The Morgan fingerprint density at radius 1 is 1.03 bits per heavy atom. The normalized spacial score (nSPS) is 12.2. The van der Waals surface area contributed by atoms with Gasteiger partial charge in [0.2, 0.25) is 0 Å². The first-order valence-corrected chi connectivity index (χ1v) is 9.85. The molecule has 7 heteroatoms. The van der Waals surface area contributed by atoms with Crippen molar-refractivity contribution in [3.8, 4) is 5.75 Å². The minimum Gasteiger partial charge on any atom is -0.496 e. The molecule has 2 N–H and O–H groups in total. The van der Waals surface area contributed by atoms with Crippen LogP contribution in [0.3, 0.4) is 0 Å². The molecule has 0 spiro atoms. The Labute approximate surface area is 180 Å². The predicted molar refractivity (Wildman–Crippen MR) is 119 cm³/mol. The van der Waals surface area contributed by atoms with E-state index in [9.17, 15) is 14.0 Å². The van der Waals surface area contributed by atoms with E-state index in [-0.39, 0.29) is 11.5 Å². The molecule has 3 rings (SSSR count). The van der Waals surface area contributed by atoms with Crippen LogP contribution < -0.4 is 15.5 Å². The zero-order valence-corrected chi connectivity index (χ0v) is 17.6. The fourth-order valence-electron chi connectivity index (χ4n) is 3.18. The van der Waals surface area contributed by atoms with Gasteiger partial charge in [-0.25, -0.2) is 9.82 Å². The molecule has 0 radical (unpaired) electrons. The Bertz CT molecular complexity index is 1110. The second kappa shape index (κ2) is 9.84. The Hall–Kier alpha value is -3.74. The van der Waals surface area contributed by atoms with Crippen LogP contribution in [0.15, 0.2) is 65.8 Å². The number of ether oxygens (including phenoxy) is 1. The highest BCUT2D eigenvalue weighted by Gasteiger charge is 2.24. The largest absolute Gasteiger partial charge is 0.496 e. The number of nitrogens with one attached hydrogen (secondary N) is 2. The summed E-state index contributed by atoms with van der Waals surface area (Å²) >= 11 is 0. The van der Waals surface area contributed by atoms with Gasteiger partial charge in [-0.1, -0.05) is 44.2 Å². The van der Waals surface area contributed by atoms with E-state index in [2.05, 4.69) is 15.8 Å². The highest BCUT2D eigenvalue weighted by molar-refractivity contribution is 6.03. The van der Waals surface area contributed by atoms with Crippen molar-refractivity contribution >= 4 is 28.8 Å². The van der Waals surface area contributed by atoms with Gasteiger partial charge in [-0.2, -0.15) is 5.10 Å². The third-order valence-electron chi connectivity index (χ3n) is 4.86. The van der Waals surface area contributed by atoms with Gasteiger partial charge in [0.15, 0.2) is 0 Å². The fourth-order valence-corrected chi connectivity index (χ4v) is 3.18. The molecule has 0 aliphatic carbocycles. The summed E-state index contributed by atoms with van der Waals surface area (Å²) < 4.78 is 18.5. The van der Waals surface area contributed by atoms with Crippen LogP contribution >= 0.6 is 0 Å². The van der Waals surface area contributed by atoms with Gasteiger partial charge < -0.3 is 10.1 Å². The monoisotopic (exact) mass is 421 g/mol. The molecule has 0 bridgehead atoms. The van der Waals surface area contributed by atoms with Gasteiger partial charge in [0.25, 0.3) is 11.8 Å². The van der Waals surface area contributed by atoms with Crippen LogP contribution in [0.4, 0.5) is 4.39 Å². The van der Waals surface area contributed by atoms with Crippen LogP contribution in [-0.4, -0.2) is 31.2 Å². The van der Waals surface area contributed by atoms with E-state index in [4.69, 9.17) is 4.74 Å². The molecule has 0 saturated heterocycles. The second-order valence-electron chi connectivity index (χ2n) is 7.34. The Morgan fingerprint density at radius 2 is 1.74 bits per heavy atom. The predicted octanol–water partition coefficient (Wildman–Crippen LogP) is 3.89. The van der Waals surface area contributed by atoms with Crippen LogP contribution in [0.2, 0.25) is 0 Å². The van der Waals surface area contributed by atoms with Gasteiger partial charge in [-0.05, 0) is 47.0 Å². The highest BCUT2D eigenvalue weighted by atomic mass is 19.1. The van der Waals surface area contributed by atoms with Crippen LogP contribution in [0.5, 0.6) is 5.75 Å². The number of benzene rings is 3. The number of amides is 2. The molecule has 1 atom stereocenters. The number of hydrogen-bond acceptors (Lipinski definition) is 4. The van der Waals surface area contributed by atoms with Gasteiger partial charge in [-0.3, -0.25) is 9.59 Å². The smallest absolute Gasteiger partial charge is 0.262 e. The van der Waals surface area contributed by atoms with Crippen molar-refractivity contribution in [2.24, 2.45) is 11.0 Å². The van der Waals surface area contributed by atoms with Crippen LogP contribution in [0, 0.1) is 11.7 Å². The van der Waals surface area contributed by atoms with Gasteiger partial charge in [-0.15, -0.1) is 0 Å². The van der Waals surface area contributed by atoms with E-state index in [1.165, 1.54) is 30.5 Å². The summed E-state index contributed by atoms with van der Waals surface area (Å²) in [6.07, 6.45) is 1.53. The minimum absolute atomic E-state index is 0.188. The Kier molecular flexibility index (Phi) is 6.97. The Balaban J connectivity index is 1.75. The molecule has 6 nitrogen and oxygen atoms in total. The van der Waals surface area contributed by atoms with Crippen molar-refractivity contribution in [1.29, 1.82) is 0 Å². The summed E-state index contributed by atoms with van der Waals surface area (Å²) in [6, 6.07) is 15.9. The molecular formula is C24H24FN3O3. The van der Waals surface area contributed by atoms with Gasteiger partial charge in [0, 0.05) is 11.1 Å². The minimum atomic E-state index is -0.816. The molecule has 0 saturated carbocycles. The number of carbonyl (C=O) groups excluding carboxylic acids is 2. The van der Waals surface area contributed by atoms with Crippen molar-refractivity contribution < 1.29 is 18.7 Å². The molecule has 3 aromatic rings. The molecule has 3 aromatic carbocycles. The number of hydrazone groups is 1. The Morgan fingerprint density at radius 3 is 2.42 bits per heavy atom. The number of methoxy groups -OCH3 is 1. The van der Waals surface area contributed by atoms with E-state index in [1.807, 2.05) is 50.2 Å². The van der Waals surface area contributed by atoms with E-state index < -0.39 is 23.7 Å². The maximum absolute atomic E-state index is 13.1. The highest BCUT2D eigenvalue weighted by Crippen LogP contribution is 2.26. The molecule has 0 heterocycles.